The molecule has 2 rings (SSSR count). The van der Waals surface area contributed by atoms with Gasteiger partial charge in [0, 0.05) is 18.1 Å². The van der Waals surface area contributed by atoms with Crippen molar-refractivity contribution < 1.29 is 4.79 Å². The molecule has 0 heterocycles. The SMILES string of the molecule is CCN(CC(=O)NCc1ccccc1)Cc1cccc(Cl)c1. The third-order valence-electron chi connectivity index (χ3n) is 3.44. The first-order valence-corrected chi connectivity index (χ1v) is 7.82. The molecule has 0 aliphatic carbocycles. The second-order valence-electron chi connectivity index (χ2n) is 5.20. The van der Waals surface area contributed by atoms with Crippen LogP contribution in [0.25, 0.3) is 0 Å². The lowest BCUT2D eigenvalue weighted by molar-refractivity contribution is -0.122. The fraction of sp³-hybridized carbons (Fsp3) is 0.278. The highest BCUT2D eigenvalue weighted by molar-refractivity contribution is 6.30. The Labute approximate surface area is 136 Å². The van der Waals surface area contributed by atoms with Crippen molar-refractivity contribution in [2.75, 3.05) is 13.1 Å². The van der Waals surface area contributed by atoms with Gasteiger partial charge in [-0.3, -0.25) is 9.69 Å². The maximum Gasteiger partial charge on any atom is 0.234 e. The summed E-state index contributed by atoms with van der Waals surface area (Å²) in [5.74, 6) is 0.0349. The van der Waals surface area contributed by atoms with Gasteiger partial charge in [0.15, 0.2) is 0 Å². The number of carbonyl (C=O) groups is 1. The molecule has 1 amide bonds. The van der Waals surface area contributed by atoms with E-state index in [9.17, 15) is 4.79 Å². The van der Waals surface area contributed by atoms with Crippen LogP contribution in [0.2, 0.25) is 5.02 Å². The van der Waals surface area contributed by atoms with Crippen LogP contribution in [-0.4, -0.2) is 23.9 Å². The van der Waals surface area contributed by atoms with Gasteiger partial charge in [-0.25, -0.2) is 0 Å². The van der Waals surface area contributed by atoms with Crippen molar-refractivity contribution in [1.82, 2.24) is 10.2 Å². The van der Waals surface area contributed by atoms with Gasteiger partial charge in [-0.05, 0) is 29.8 Å². The van der Waals surface area contributed by atoms with Gasteiger partial charge in [-0.1, -0.05) is 61.0 Å². The molecule has 22 heavy (non-hydrogen) atoms. The van der Waals surface area contributed by atoms with Crippen molar-refractivity contribution in [3.63, 3.8) is 0 Å². The summed E-state index contributed by atoms with van der Waals surface area (Å²) in [6.45, 7) is 4.53. The van der Waals surface area contributed by atoms with E-state index in [1.807, 2.05) is 54.6 Å². The molecule has 2 aromatic carbocycles. The molecule has 1 N–H and O–H groups in total. The van der Waals surface area contributed by atoms with Crippen LogP contribution in [0, 0.1) is 0 Å². The van der Waals surface area contributed by atoms with Crippen LogP contribution in [0.4, 0.5) is 0 Å². The van der Waals surface area contributed by atoms with Crippen molar-refractivity contribution >= 4 is 17.5 Å². The van der Waals surface area contributed by atoms with E-state index < -0.39 is 0 Å². The summed E-state index contributed by atoms with van der Waals surface area (Å²) in [5, 5.41) is 3.68. The number of hydrogen-bond acceptors (Lipinski definition) is 2. The zero-order chi connectivity index (χ0) is 15.8. The van der Waals surface area contributed by atoms with Gasteiger partial charge in [0.05, 0.1) is 6.54 Å². The first-order chi connectivity index (χ1) is 10.7. The Morgan fingerprint density at radius 3 is 2.50 bits per heavy atom. The number of likely N-dealkylation sites (N-methyl/N-ethyl adjacent to an activating group) is 1. The quantitative estimate of drug-likeness (QED) is 0.848. The Hall–Kier alpha value is -1.84. The zero-order valence-corrected chi connectivity index (χ0v) is 13.5. The fourth-order valence-corrected chi connectivity index (χ4v) is 2.44. The third kappa shape index (κ3) is 5.51. The number of rotatable bonds is 7. The second-order valence-corrected chi connectivity index (χ2v) is 5.63. The molecule has 0 atom stereocenters. The molecule has 0 aliphatic heterocycles. The average Bonchev–Trinajstić information content (AvgIpc) is 2.53. The lowest BCUT2D eigenvalue weighted by atomic mass is 10.2. The number of halogens is 1. The van der Waals surface area contributed by atoms with E-state index in [2.05, 4.69) is 17.1 Å². The summed E-state index contributed by atoms with van der Waals surface area (Å²) in [4.78, 5) is 14.2. The Kier molecular flexibility index (Phi) is 6.44. The van der Waals surface area contributed by atoms with Crippen LogP contribution in [-0.2, 0) is 17.9 Å². The van der Waals surface area contributed by atoms with Crippen molar-refractivity contribution in [2.24, 2.45) is 0 Å². The lowest BCUT2D eigenvalue weighted by Crippen LogP contribution is -2.36. The smallest absolute Gasteiger partial charge is 0.234 e. The van der Waals surface area contributed by atoms with Gasteiger partial charge in [-0.15, -0.1) is 0 Å². The molecular formula is C18H21ClN2O. The highest BCUT2D eigenvalue weighted by Gasteiger charge is 2.09. The van der Waals surface area contributed by atoms with Gasteiger partial charge in [0.25, 0.3) is 0 Å². The summed E-state index contributed by atoms with van der Waals surface area (Å²) in [6, 6.07) is 17.7. The molecule has 0 spiro atoms. The van der Waals surface area contributed by atoms with Crippen LogP contribution >= 0.6 is 11.6 Å². The molecule has 116 valence electrons. The fourth-order valence-electron chi connectivity index (χ4n) is 2.23. The molecule has 3 nitrogen and oxygen atoms in total. The van der Waals surface area contributed by atoms with Crippen LogP contribution in [0.1, 0.15) is 18.1 Å². The van der Waals surface area contributed by atoms with Crippen molar-refractivity contribution in [2.45, 2.75) is 20.0 Å². The highest BCUT2D eigenvalue weighted by atomic mass is 35.5. The number of nitrogens with one attached hydrogen (secondary N) is 1. The van der Waals surface area contributed by atoms with E-state index in [0.717, 1.165) is 29.2 Å². The molecule has 0 aliphatic rings. The minimum atomic E-state index is 0.0349. The maximum absolute atomic E-state index is 12.1. The molecule has 0 radical (unpaired) electrons. The Balaban J connectivity index is 1.83. The van der Waals surface area contributed by atoms with Gasteiger partial charge >= 0.3 is 0 Å². The van der Waals surface area contributed by atoms with Crippen molar-refractivity contribution in [3.8, 4) is 0 Å². The monoisotopic (exact) mass is 316 g/mol. The van der Waals surface area contributed by atoms with E-state index in [1.165, 1.54) is 0 Å². The largest absolute Gasteiger partial charge is 0.351 e. The summed E-state index contributed by atoms with van der Waals surface area (Å²) in [6.07, 6.45) is 0. The maximum atomic E-state index is 12.1. The van der Waals surface area contributed by atoms with E-state index in [1.54, 1.807) is 0 Å². The summed E-state index contributed by atoms with van der Waals surface area (Å²) >= 11 is 6.00. The molecule has 4 heteroatoms. The zero-order valence-electron chi connectivity index (χ0n) is 12.8. The standard InChI is InChI=1S/C18H21ClN2O/c1-2-21(13-16-9-6-10-17(19)11-16)14-18(22)20-12-15-7-4-3-5-8-15/h3-11H,2,12-14H2,1H3,(H,20,22). The number of nitrogens with zero attached hydrogens (tertiary/aromatic N) is 1. The van der Waals surface area contributed by atoms with Crippen molar-refractivity contribution in [3.05, 3.63) is 70.7 Å². The van der Waals surface area contributed by atoms with Crippen LogP contribution in [0.15, 0.2) is 54.6 Å². The highest BCUT2D eigenvalue weighted by Crippen LogP contribution is 2.12. The number of hydrogen-bond donors (Lipinski definition) is 1. The van der Waals surface area contributed by atoms with Gasteiger partial charge in [0.1, 0.15) is 0 Å². The summed E-state index contributed by atoms with van der Waals surface area (Å²) in [7, 11) is 0. The van der Waals surface area contributed by atoms with E-state index in [4.69, 9.17) is 11.6 Å². The van der Waals surface area contributed by atoms with E-state index in [0.29, 0.717) is 13.1 Å². The molecule has 0 saturated carbocycles. The van der Waals surface area contributed by atoms with Gasteiger partial charge in [0.2, 0.25) is 5.91 Å². The van der Waals surface area contributed by atoms with E-state index in [-0.39, 0.29) is 5.91 Å². The minimum Gasteiger partial charge on any atom is -0.351 e. The first kappa shape index (κ1) is 16.5. The predicted octanol–water partition coefficient (Wildman–Crippen LogP) is 3.48. The summed E-state index contributed by atoms with van der Waals surface area (Å²) in [5.41, 5.74) is 2.22. The Morgan fingerprint density at radius 1 is 1.09 bits per heavy atom. The molecule has 0 bridgehead atoms. The molecule has 0 aromatic heterocycles. The molecule has 2 aromatic rings. The topological polar surface area (TPSA) is 32.3 Å². The van der Waals surface area contributed by atoms with Crippen LogP contribution < -0.4 is 5.32 Å². The predicted molar refractivity (Wildman–Crippen MR) is 90.7 cm³/mol. The molecular weight excluding hydrogens is 296 g/mol. The Morgan fingerprint density at radius 2 is 1.82 bits per heavy atom. The number of carbonyl (C=O) groups excluding carboxylic acids is 1. The Bertz CT molecular complexity index is 601. The lowest BCUT2D eigenvalue weighted by Gasteiger charge is -2.20. The van der Waals surface area contributed by atoms with Gasteiger partial charge in [-0.2, -0.15) is 0 Å². The van der Waals surface area contributed by atoms with E-state index >= 15 is 0 Å². The van der Waals surface area contributed by atoms with Crippen LogP contribution in [0.5, 0.6) is 0 Å². The first-order valence-electron chi connectivity index (χ1n) is 7.45. The van der Waals surface area contributed by atoms with Crippen molar-refractivity contribution in [1.29, 1.82) is 0 Å². The van der Waals surface area contributed by atoms with Crippen LogP contribution in [0.3, 0.4) is 0 Å². The van der Waals surface area contributed by atoms with Gasteiger partial charge < -0.3 is 5.32 Å². The molecule has 0 unspecified atom stereocenters. The third-order valence-corrected chi connectivity index (χ3v) is 3.68. The number of amides is 1. The number of benzene rings is 2. The normalized spacial score (nSPS) is 10.7. The molecule has 0 fully saturated rings. The minimum absolute atomic E-state index is 0.0349. The average molecular weight is 317 g/mol. The molecule has 0 saturated heterocycles. The summed E-state index contributed by atoms with van der Waals surface area (Å²) < 4.78 is 0. The second kappa shape index (κ2) is 8.57.